The number of fused-ring (bicyclic) bond motifs is 1. The van der Waals surface area contributed by atoms with Gasteiger partial charge < -0.3 is 15.1 Å². The van der Waals surface area contributed by atoms with Crippen molar-refractivity contribution in [2.75, 3.05) is 25.0 Å². The number of aromatic nitrogens is 4. The number of anilines is 1. The van der Waals surface area contributed by atoms with Crippen LogP contribution in [0.25, 0.3) is 11.0 Å². The van der Waals surface area contributed by atoms with E-state index in [2.05, 4.69) is 28.9 Å². The van der Waals surface area contributed by atoms with Crippen LogP contribution in [0.3, 0.4) is 0 Å². The Morgan fingerprint density at radius 2 is 2.11 bits per heavy atom. The van der Waals surface area contributed by atoms with Crippen LogP contribution in [-0.4, -0.2) is 55.8 Å². The van der Waals surface area contributed by atoms with Crippen molar-refractivity contribution in [1.82, 2.24) is 28.9 Å². The van der Waals surface area contributed by atoms with Gasteiger partial charge in [0.05, 0.1) is 11.7 Å². The molecular formula is C18H21N7OS. The van der Waals surface area contributed by atoms with Crippen LogP contribution in [0, 0.1) is 0 Å². The van der Waals surface area contributed by atoms with Gasteiger partial charge in [0.1, 0.15) is 11.0 Å². The van der Waals surface area contributed by atoms with Gasteiger partial charge in [0, 0.05) is 45.1 Å². The number of hydrogen-bond acceptors (Lipinski definition) is 7. The van der Waals surface area contributed by atoms with Crippen molar-refractivity contribution in [3.63, 3.8) is 0 Å². The van der Waals surface area contributed by atoms with Gasteiger partial charge in [-0.2, -0.15) is 8.75 Å². The summed E-state index contributed by atoms with van der Waals surface area (Å²) in [6.45, 7) is 2.16. The highest BCUT2D eigenvalue weighted by Crippen LogP contribution is 2.17. The zero-order chi connectivity index (χ0) is 18.6. The monoisotopic (exact) mass is 383 g/mol. The second kappa shape index (κ2) is 7.83. The number of nitrogens with zero attached hydrogens (tertiary/aromatic N) is 6. The lowest BCUT2D eigenvalue weighted by molar-refractivity contribution is 0.201. The van der Waals surface area contributed by atoms with Gasteiger partial charge in [-0.05, 0) is 36.6 Å². The lowest BCUT2D eigenvalue weighted by atomic mass is 10.1. The molecule has 1 N–H and O–H groups in total. The van der Waals surface area contributed by atoms with Gasteiger partial charge in [-0.25, -0.2) is 14.8 Å². The van der Waals surface area contributed by atoms with Crippen molar-refractivity contribution in [3.8, 4) is 0 Å². The Balaban J connectivity index is 1.34. The topological polar surface area (TPSA) is 87.1 Å². The van der Waals surface area contributed by atoms with Crippen molar-refractivity contribution < 1.29 is 4.79 Å². The molecule has 0 saturated carbocycles. The first-order valence-electron chi connectivity index (χ1n) is 8.94. The molecule has 2 aromatic heterocycles. The maximum Gasteiger partial charge on any atom is 0.317 e. The highest BCUT2D eigenvalue weighted by molar-refractivity contribution is 7.00. The summed E-state index contributed by atoms with van der Waals surface area (Å²) in [4.78, 5) is 25.0. The molecule has 0 bridgehead atoms. The summed E-state index contributed by atoms with van der Waals surface area (Å²) < 4.78 is 8.46. The Kier molecular flexibility index (Phi) is 5.10. The SMILES string of the molecule is CN(Cc1ccc2nsnc2c1)C(=O)N[C@@H]1CCCN(c2ncccn2)C1. The average molecular weight is 383 g/mol. The van der Waals surface area contributed by atoms with E-state index in [1.807, 2.05) is 18.2 Å². The van der Waals surface area contributed by atoms with Crippen LogP contribution < -0.4 is 10.2 Å². The van der Waals surface area contributed by atoms with Gasteiger partial charge in [0.2, 0.25) is 5.95 Å². The predicted octanol–water partition coefficient (Wildman–Crippen LogP) is 2.29. The largest absolute Gasteiger partial charge is 0.339 e. The minimum absolute atomic E-state index is 0.0765. The molecule has 0 radical (unpaired) electrons. The summed E-state index contributed by atoms with van der Waals surface area (Å²) in [5, 5.41) is 3.13. The molecule has 0 aliphatic carbocycles. The fraction of sp³-hybridized carbons (Fsp3) is 0.389. The number of carbonyl (C=O) groups excluding carboxylic acids is 1. The molecule has 1 aliphatic heterocycles. The Morgan fingerprint density at radius 3 is 2.96 bits per heavy atom. The minimum atomic E-state index is -0.0765. The van der Waals surface area contributed by atoms with Gasteiger partial charge in [0.25, 0.3) is 0 Å². The number of benzene rings is 1. The normalized spacial score (nSPS) is 17.1. The standard InChI is InChI=1S/C18H21N7OS/c1-24(11-13-5-6-15-16(10-13)23-27-22-15)18(26)21-14-4-2-9-25(12-14)17-19-7-3-8-20-17/h3,5-8,10,14H,2,4,9,11-12H2,1H3,(H,21,26)/t14-/m1/s1. The highest BCUT2D eigenvalue weighted by atomic mass is 32.1. The lowest BCUT2D eigenvalue weighted by Gasteiger charge is -2.34. The zero-order valence-electron chi connectivity index (χ0n) is 15.1. The minimum Gasteiger partial charge on any atom is -0.339 e. The number of amides is 2. The van der Waals surface area contributed by atoms with E-state index < -0.39 is 0 Å². The first kappa shape index (κ1) is 17.6. The van der Waals surface area contributed by atoms with Crippen LogP contribution in [0.5, 0.6) is 0 Å². The van der Waals surface area contributed by atoms with Crippen LogP contribution in [0.4, 0.5) is 10.7 Å². The lowest BCUT2D eigenvalue weighted by Crippen LogP contribution is -2.51. The molecule has 4 rings (SSSR count). The fourth-order valence-corrected chi connectivity index (χ4v) is 3.81. The Morgan fingerprint density at radius 1 is 1.30 bits per heavy atom. The molecule has 1 atom stereocenters. The predicted molar refractivity (Wildman–Crippen MR) is 105 cm³/mol. The Labute approximate surface area is 161 Å². The smallest absolute Gasteiger partial charge is 0.317 e. The summed E-state index contributed by atoms with van der Waals surface area (Å²) in [7, 11) is 1.81. The maximum absolute atomic E-state index is 12.6. The second-order valence-electron chi connectivity index (χ2n) is 6.73. The van der Waals surface area contributed by atoms with E-state index in [1.54, 1.807) is 30.4 Å². The number of rotatable bonds is 4. The van der Waals surface area contributed by atoms with Crippen molar-refractivity contribution in [1.29, 1.82) is 0 Å². The maximum atomic E-state index is 12.6. The van der Waals surface area contributed by atoms with E-state index >= 15 is 0 Å². The molecule has 0 spiro atoms. The quantitative estimate of drug-likeness (QED) is 0.744. The van der Waals surface area contributed by atoms with Crippen molar-refractivity contribution in [2.24, 2.45) is 0 Å². The number of nitrogens with one attached hydrogen (secondary N) is 1. The molecule has 140 valence electrons. The molecule has 8 nitrogen and oxygen atoms in total. The van der Waals surface area contributed by atoms with Crippen LogP contribution in [-0.2, 0) is 6.54 Å². The molecule has 2 amide bonds. The Bertz CT molecular complexity index is 916. The van der Waals surface area contributed by atoms with Crippen LogP contribution in [0.2, 0.25) is 0 Å². The van der Waals surface area contributed by atoms with E-state index in [4.69, 9.17) is 0 Å². The Hall–Kier alpha value is -2.81. The van der Waals surface area contributed by atoms with Crippen LogP contribution >= 0.6 is 11.7 Å². The van der Waals surface area contributed by atoms with Gasteiger partial charge in [-0.15, -0.1) is 0 Å². The summed E-state index contributed by atoms with van der Waals surface area (Å²) in [5.41, 5.74) is 2.80. The van der Waals surface area contributed by atoms with Gasteiger partial charge in [0.15, 0.2) is 0 Å². The van der Waals surface area contributed by atoms with Crippen LogP contribution in [0.15, 0.2) is 36.7 Å². The van der Waals surface area contributed by atoms with Crippen molar-refractivity contribution in [2.45, 2.75) is 25.4 Å². The molecule has 1 saturated heterocycles. The molecule has 1 aliphatic rings. The molecule has 0 unspecified atom stereocenters. The summed E-state index contributed by atoms with van der Waals surface area (Å²) in [6, 6.07) is 7.73. The average Bonchev–Trinajstić information content (AvgIpc) is 3.16. The summed E-state index contributed by atoms with van der Waals surface area (Å²) in [6.07, 6.45) is 5.44. The van der Waals surface area contributed by atoms with E-state index in [-0.39, 0.29) is 12.1 Å². The van der Waals surface area contributed by atoms with Gasteiger partial charge in [-0.3, -0.25) is 0 Å². The van der Waals surface area contributed by atoms with Crippen molar-refractivity contribution >= 4 is 34.7 Å². The second-order valence-corrected chi connectivity index (χ2v) is 7.26. The fourth-order valence-electron chi connectivity index (χ4n) is 3.29. The van der Waals surface area contributed by atoms with E-state index in [1.165, 1.54) is 11.7 Å². The molecule has 1 fully saturated rings. The molecule has 3 aromatic rings. The first-order chi connectivity index (χ1) is 13.2. The number of urea groups is 1. The third-order valence-corrected chi connectivity index (χ3v) is 5.23. The van der Waals surface area contributed by atoms with E-state index in [0.717, 1.165) is 48.5 Å². The van der Waals surface area contributed by atoms with E-state index in [0.29, 0.717) is 6.54 Å². The third-order valence-electron chi connectivity index (χ3n) is 4.67. The summed E-state index contributed by atoms with van der Waals surface area (Å²) >= 11 is 1.20. The molecule has 27 heavy (non-hydrogen) atoms. The molecule has 1 aromatic carbocycles. The zero-order valence-corrected chi connectivity index (χ0v) is 15.9. The number of hydrogen-bond donors (Lipinski definition) is 1. The highest BCUT2D eigenvalue weighted by Gasteiger charge is 2.24. The summed E-state index contributed by atoms with van der Waals surface area (Å²) in [5.74, 6) is 0.718. The van der Waals surface area contributed by atoms with Gasteiger partial charge in [-0.1, -0.05) is 6.07 Å². The molecule has 3 heterocycles. The van der Waals surface area contributed by atoms with E-state index in [9.17, 15) is 4.79 Å². The van der Waals surface area contributed by atoms with Crippen LogP contribution in [0.1, 0.15) is 18.4 Å². The number of piperidine rings is 1. The van der Waals surface area contributed by atoms with Gasteiger partial charge >= 0.3 is 6.03 Å². The molecular weight excluding hydrogens is 362 g/mol. The first-order valence-corrected chi connectivity index (χ1v) is 9.67. The third kappa shape index (κ3) is 4.13. The molecule has 9 heteroatoms. The number of carbonyl (C=O) groups is 1. The van der Waals surface area contributed by atoms with Crippen molar-refractivity contribution in [3.05, 3.63) is 42.2 Å².